The van der Waals surface area contributed by atoms with Gasteiger partial charge in [0.2, 0.25) is 0 Å². The Morgan fingerprint density at radius 3 is 1.50 bits per heavy atom. The number of rotatable bonds is 3. The summed E-state index contributed by atoms with van der Waals surface area (Å²) >= 11 is 1.92. The van der Waals surface area contributed by atoms with E-state index in [1.165, 1.54) is 68.8 Å². The largest absolute Gasteiger partial charge is 0.308 e. The van der Waals surface area contributed by atoms with Gasteiger partial charge in [-0.3, -0.25) is 9.97 Å². The summed E-state index contributed by atoms with van der Waals surface area (Å²) in [5.74, 6) is 0. The third kappa shape index (κ3) is 3.84. The molecule has 6 aromatic carbocycles. The maximum Gasteiger partial charge on any atom is 0.0915 e. The van der Waals surface area contributed by atoms with Gasteiger partial charge < -0.3 is 4.57 Å². The van der Waals surface area contributed by atoms with E-state index in [4.69, 9.17) is 15.0 Å². The van der Waals surface area contributed by atoms with Gasteiger partial charge in [-0.05, 0) is 64.0 Å². The summed E-state index contributed by atoms with van der Waals surface area (Å²) in [5.41, 5.74) is 6.62. The number of benzene rings is 6. The van der Waals surface area contributed by atoms with Gasteiger partial charge in [0.15, 0.2) is 0 Å². The molecule has 0 amide bonds. The number of fused-ring (bicyclic) bond motifs is 15. The number of aromatic nitrogens is 4. The number of nitrogens with zero attached hydrogens (tertiary/aromatic N) is 4. The molecule has 0 aliphatic heterocycles. The van der Waals surface area contributed by atoms with Crippen LogP contribution in [0.25, 0.3) is 103 Å². The van der Waals surface area contributed by atoms with Crippen LogP contribution in [0.1, 0.15) is 0 Å². The molecule has 5 heteroatoms. The number of pyridine rings is 3. The van der Waals surface area contributed by atoms with Crippen LogP contribution in [0.4, 0.5) is 0 Å². The molecule has 0 fully saturated rings. The second-order valence-corrected chi connectivity index (χ2v) is 13.8. The molecule has 0 aliphatic carbocycles. The monoisotopic (exact) mass is 654 g/mol. The van der Waals surface area contributed by atoms with Gasteiger partial charge in [0.25, 0.3) is 0 Å². The minimum absolute atomic E-state index is 0.804. The van der Waals surface area contributed by atoms with E-state index in [-0.39, 0.29) is 0 Å². The third-order valence-electron chi connectivity index (χ3n) is 10.0. The lowest BCUT2D eigenvalue weighted by molar-refractivity contribution is 1.15. The molecule has 0 spiro atoms. The molecule has 0 saturated heterocycles. The lowest BCUT2D eigenvalue weighted by atomic mass is 9.94. The van der Waals surface area contributed by atoms with Crippen molar-refractivity contribution in [2.24, 2.45) is 0 Å². The summed E-state index contributed by atoms with van der Waals surface area (Å²) < 4.78 is 5.09. The van der Waals surface area contributed by atoms with Gasteiger partial charge in [-0.1, -0.05) is 103 Å². The van der Waals surface area contributed by atoms with Gasteiger partial charge in [-0.2, -0.15) is 0 Å². The molecule has 11 rings (SSSR count). The molecule has 5 aromatic heterocycles. The van der Waals surface area contributed by atoms with E-state index in [9.17, 15) is 0 Å². The number of thiophene rings is 1. The van der Waals surface area contributed by atoms with Crippen LogP contribution in [0.15, 0.2) is 158 Å². The fraction of sp³-hybridized carbons (Fsp3) is 0. The van der Waals surface area contributed by atoms with Gasteiger partial charge in [0, 0.05) is 54.1 Å². The van der Waals surface area contributed by atoms with Crippen LogP contribution < -0.4 is 0 Å². The third-order valence-corrected chi connectivity index (χ3v) is 11.3. The molecule has 0 radical (unpaired) electrons. The molecule has 0 saturated carbocycles. The Morgan fingerprint density at radius 1 is 0.400 bits per heavy atom. The van der Waals surface area contributed by atoms with Crippen LogP contribution in [-0.2, 0) is 0 Å². The van der Waals surface area contributed by atoms with Gasteiger partial charge in [0.05, 0.1) is 39.5 Å². The SMILES string of the molecule is c1ccc(-c2cc(-n3c4ccccc4c4c5ccccc5c5sc6c7ccccc7c7ccccc7c6c5c43)cc(-c3ccccn3)n2)nc1. The van der Waals surface area contributed by atoms with Crippen molar-refractivity contribution in [3.8, 4) is 28.5 Å². The normalized spacial score (nSPS) is 12.0. The van der Waals surface area contributed by atoms with Crippen molar-refractivity contribution in [2.45, 2.75) is 0 Å². The standard InChI is InChI=1S/C45H26N4S/c1-3-15-30-28(13-1)29-14-2-5-17-32(29)44-41(30)42-43-40(31-16-4-6-18-33(31)45(42)50-44)34-19-7-8-22-39(34)49(43)27-25-37(35-20-9-11-23-46-35)48-38(26-27)36-21-10-12-24-47-36/h1-26H. The van der Waals surface area contributed by atoms with Crippen LogP contribution in [0, 0.1) is 0 Å². The number of hydrogen-bond acceptors (Lipinski definition) is 4. The lowest BCUT2D eigenvalue weighted by Crippen LogP contribution is -2.00. The number of hydrogen-bond donors (Lipinski definition) is 0. The molecular formula is C45H26N4S. The molecule has 232 valence electrons. The Hall–Kier alpha value is -6.43. The Morgan fingerprint density at radius 2 is 0.880 bits per heavy atom. The zero-order valence-electron chi connectivity index (χ0n) is 26.7. The van der Waals surface area contributed by atoms with Crippen molar-refractivity contribution in [1.82, 2.24) is 19.5 Å². The van der Waals surface area contributed by atoms with Crippen molar-refractivity contribution >= 4 is 85.6 Å². The predicted molar refractivity (Wildman–Crippen MR) is 210 cm³/mol. The maximum absolute atomic E-state index is 5.13. The van der Waals surface area contributed by atoms with E-state index in [1.54, 1.807) is 0 Å². The van der Waals surface area contributed by atoms with Gasteiger partial charge in [0.1, 0.15) is 0 Å². The first-order valence-corrected chi connectivity index (χ1v) is 17.6. The van der Waals surface area contributed by atoms with E-state index < -0.39 is 0 Å². The van der Waals surface area contributed by atoms with E-state index in [1.807, 2.05) is 60.1 Å². The molecule has 0 aliphatic rings. The second kappa shape index (κ2) is 10.5. The van der Waals surface area contributed by atoms with Crippen molar-refractivity contribution in [2.75, 3.05) is 0 Å². The highest BCUT2D eigenvalue weighted by Crippen LogP contribution is 2.51. The van der Waals surface area contributed by atoms with Crippen LogP contribution >= 0.6 is 11.3 Å². The second-order valence-electron chi connectivity index (χ2n) is 12.7. The van der Waals surface area contributed by atoms with Crippen LogP contribution in [0.3, 0.4) is 0 Å². The first-order valence-electron chi connectivity index (χ1n) is 16.8. The summed E-state index contributed by atoms with van der Waals surface area (Å²) in [6.07, 6.45) is 3.65. The topological polar surface area (TPSA) is 43.6 Å². The molecule has 0 N–H and O–H groups in total. The fourth-order valence-electron chi connectivity index (χ4n) is 8.00. The quantitative estimate of drug-likeness (QED) is 0.178. The van der Waals surface area contributed by atoms with Gasteiger partial charge >= 0.3 is 0 Å². The summed E-state index contributed by atoms with van der Waals surface area (Å²) in [6, 6.07) is 51.9. The molecule has 11 aromatic rings. The molecular weight excluding hydrogens is 629 g/mol. The van der Waals surface area contributed by atoms with Crippen LogP contribution in [-0.4, -0.2) is 19.5 Å². The first-order chi connectivity index (χ1) is 24.8. The highest BCUT2D eigenvalue weighted by molar-refractivity contribution is 7.28. The minimum atomic E-state index is 0.804. The van der Waals surface area contributed by atoms with Crippen molar-refractivity contribution in [3.05, 3.63) is 158 Å². The first kappa shape index (κ1) is 27.5. The summed E-state index contributed by atoms with van der Waals surface area (Å²) in [7, 11) is 0. The summed E-state index contributed by atoms with van der Waals surface area (Å²) in [5, 5.41) is 12.8. The zero-order valence-corrected chi connectivity index (χ0v) is 27.5. The highest BCUT2D eigenvalue weighted by Gasteiger charge is 2.24. The summed E-state index contributed by atoms with van der Waals surface area (Å²) in [4.78, 5) is 14.6. The molecule has 0 unspecified atom stereocenters. The fourth-order valence-corrected chi connectivity index (χ4v) is 9.39. The van der Waals surface area contributed by atoms with Crippen molar-refractivity contribution in [1.29, 1.82) is 0 Å². The van der Waals surface area contributed by atoms with E-state index >= 15 is 0 Å². The zero-order chi connectivity index (χ0) is 32.8. The Kier molecular flexibility index (Phi) is 5.80. The average Bonchev–Trinajstić information content (AvgIpc) is 3.76. The number of para-hydroxylation sites is 1. The van der Waals surface area contributed by atoms with E-state index in [0.29, 0.717) is 0 Å². The van der Waals surface area contributed by atoms with Crippen molar-refractivity contribution < 1.29 is 0 Å². The predicted octanol–water partition coefficient (Wildman–Crippen LogP) is 12.1. The van der Waals surface area contributed by atoms with Gasteiger partial charge in [-0.15, -0.1) is 11.3 Å². The molecule has 50 heavy (non-hydrogen) atoms. The molecule has 5 heterocycles. The van der Waals surface area contributed by atoms with Gasteiger partial charge in [-0.25, -0.2) is 4.98 Å². The maximum atomic E-state index is 5.13. The molecule has 4 nitrogen and oxygen atoms in total. The minimum Gasteiger partial charge on any atom is -0.308 e. The molecule has 0 atom stereocenters. The Labute approximate surface area is 290 Å². The molecule has 0 bridgehead atoms. The Bertz CT molecular complexity index is 3080. The Balaban J connectivity index is 1.41. The average molecular weight is 655 g/mol. The smallest absolute Gasteiger partial charge is 0.0915 e. The van der Waals surface area contributed by atoms with Crippen molar-refractivity contribution in [3.63, 3.8) is 0 Å². The van der Waals surface area contributed by atoms with E-state index in [0.717, 1.165) is 34.0 Å². The van der Waals surface area contributed by atoms with Crippen LogP contribution in [0.2, 0.25) is 0 Å². The highest BCUT2D eigenvalue weighted by atomic mass is 32.1. The van der Waals surface area contributed by atoms with Crippen LogP contribution in [0.5, 0.6) is 0 Å². The summed E-state index contributed by atoms with van der Waals surface area (Å²) in [6.45, 7) is 0. The lowest BCUT2D eigenvalue weighted by Gasteiger charge is -2.14. The van der Waals surface area contributed by atoms with E-state index in [2.05, 4.69) is 114 Å².